The zero-order valence-electron chi connectivity index (χ0n) is 8.96. The number of cyclic esters (lactones) is 2. The first-order valence-corrected chi connectivity index (χ1v) is 4.46. The second-order valence-electron chi connectivity index (χ2n) is 2.88. The average Bonchev–Trinajstić information content (AvgIpc) is 2.24. The lowest BCUT2D eigenvalue weighted by molar-refractivity contribution is -0.162. The molecule has 0 aromatic heterocycles. The van der Waals surface area contributed by atoms with Gasteiger partial charge in [0.05, 0.1) is 7.11 Å². The number of rotatable bonds is 1. The minimum atomic E-state index is -0.858. The molecule has 1 fully saturated rings. The normalized spacial score (nSPS) is 18.1. The van der Waals surface area contributed by atoms with Gasteiger partial charge in [0.1, 0.15) is 18.6 Å². The van der Waals surface area contributed by atoms with Crippen LogP contribution < -0.4 is 0 Å². The summed E-state index contributed by atoms with van der Waals surface area (Å²) in [6, 6.07) is 0. The number of methoxy groups -OCH3 is 1. The van der Waals surface area contributed by atoms with Gasteiger partial charge in [0, 0.05) is 0 Å². The molecule has 0 aromatic rings. The first-order valence-electron chi connectivity index (χ1n) is 4.46. The Kier molecular flexibility index (Phi) is 4.97. The summed E-state index contributed by atoms with van der Waals surface area (Å²) in [5.41, 5.74) is -0.858. The van der Waals surface area contributed by atoms with Crippen molar-refractivity contribution in [3.8, 4) is 0 Å². The fourth-order valence-corrected chi connectivity index (χ4v) is 0.884. The molecule has 14 heavy (non-hydrogen) atoms. The molecule has 0 amide bonds. The highest BCUT2D eigenvalue weighted by molar-refractivity contribution is 5.78. The minimum Gasteiger partial charge on any atom is -0.468 e. The number of hydrogen-bond acceptors (Lipinski definition) is 5. The Labute approximate surface area is 83.3 Å². The molecule has 0 unspecified atom stereocenters. The Morgan fingerprint density at radius 2 is 1.79 bits per heavy atom. The van der Waals surface area contributed by atoms with Crippen molar-refractivity contribution in [3.63, 3.8) is 0 Å². The molecule has 0 aliphatic carbocycles. The molecular weight excluding hydrogens is 188 g/mol. The molecule has 5 heteroatoms. The van der Waals surface area contributed by atoms with E-state index < -0.39 is 17.5 Å². The highest BCUT2D eigenvalue weighted by Gasteiger charge is 2.41. The molecule has 0 bridgehead atoms. The summed E-state index contributed by atoms with van der Waals surface area (Å²) in [6.07, 6.45) is -0.739. The maximum Gasteiger partial charge on any atom is 0.508 e. The van der Waals surface area contributed by atoms with Gasteiger partial charge < -0.3 is 14.2 Å². The number of carbonyl (C=O) groups is 2. The Morgan fingerprint density at radius 1 is 1.36 bits per heavy atom. The van der Waals surface area contributed by atoms with Crippen molar-refractivity contribution in [2.24, 2.45) is 5.41 Å². The smallest absolute Gasteiger partial charge is 0.468 e. The lowest BCUT2D eigenvalue weighted by Gasteiger charge is -2.28. The largest absolute Gasteiger partial charge is 0.508 e. The van der Waals surface area contributed by atoms with Gasteiger partial charge in [0.15, 0.2) is 0 Å². The van der Waals surface area contributed by atoms with Crippen LogP contribution in [0, 0.1) is 5.41 Å². The number of hydrogen-bond donors (Lipinski definition) is 0. The predicted octanol–water partition coefficient (Wildman–Crippen LogP) is 1.36. The maximum absolute atomic E-state index is 11.1. The van der Waals surface area contributed by atoms with Gasteiger partial charge in [-0.1, -0.05) is 13.8 Å². The van der Waals surface area contributed by atoms with Crippen LogP contribution in [-0.2, 0) is 19.0 Å². The summed E-state index contributed by atoms with van der Waals surface area (Å²) in [6.45, 7) is 5.64. The van der Waals surface area contributed by atoms with Crippen LogP contribution >= 0.6 is 0 Å². The van der Waals surface area contributed by atoms with Crippen molar-refractivity contribution >= 4 is 12.1 Å². The number of ether oxygens (including phenoxy) is 3. The summed E-state index contributed by atoms with van der Waals surface area (Å²) in [5.74, 6) is -0.435. The third-order valence-electron chi connectivity index (χ3n) is 1.70. The molecule has 5 nitrogen and oxygen atoms in total. The molecule has 0 aromatic carbocycles. The van der Waals surface area contributed by atoms with E-state index in [0.29, 0.717) is 0 Å². The van der Waals surface area contributed by atoms with E-state index in [1.54, 1.807) is 6.92 Å². The molecule has 0 saturated carbocycles. The van der Waals surface area contributed by atoms with Crippen LogP contribution in [0.2, 0.25) is 0 Å². The van der Waals surface area contributed by atoms with Crippen LogP contribution in [-0.4, -0.2) is 32.4 Å². The lowest BCUT2D eigenvalue weighted by Crippen LogP contribution is -2.43. The average molecular weight is 204 g/mol. The van der Waals surface area contributed by atoms with E-state index in [1.165, 1.54) is 7.11 Å². The maximum atomic E-state index is 11.1. The van der Waals surface area contributed by atoms with Crippen molar-refractivity contribution < 1.29 is 23.8 Å². The molecule has 1 heterocycles. The summed E-state index contributed by atoms with van der Waals surface area (Å²) < 4.78 is 13.6. The monoisotopic (exact) mass is 204 g/mol. The standard InChI is InChI=1S/C7H10O5.C2H6/c1-7(5(8)10-2)3-11-6(9)12-4-7;1-2/h3-4H2,1-2H3;1-2H3. The van der Waals surface area contributed by atoms with E-state index in [1.807, 2.05) is 13.8 Å². The molecule has 1 saturated heterocycles. The van der Waals surface area contributed by atoms with E-state index >= 15 is 0 Å². The van der Waals surface area contributed by atoms with Crippen molar-refractivity contribution in [3.05, 3.63) is 0 Å². The van der Waals surface area contributed by atoms with Crippen LogP contribution in [0.15, 0.2) is 0 Å². The second kappa shape index (κ2) is 5.47. The van der Waals surface area contributed by atoms with E-state index in [2.05, 4.69) is 14.2 Å². The molecular formula is C9H16O5. The SMILES string of the molecule is CC.COC(=O)C1(C)COC(=O)OC1. The van der Waals surface area contributed by atoms with Crippen LogP contribution in [0.1, 0.15) is 20.8 Å². The summed E-state index contributed by atoms with van der Waals surface area (Å²) >= 11 is 0. The van der Waals surface area contributed by atoms with Gasteiger partial charge in [-0.3, -0.25) is 4.79 Å². The van der Waals surface area contributed by atoms with Crippen molar-refractivity contribution in [1.29, 1.82) is 0 Å². The summed E-state index contributed by atoms with van der Waals surface area (Å²) in [5, 5.41) is 0. The first kappa shape index (κ1) is 12.7. The van der Waals surface area contributed by atoms with Crippen LogP contribution in [0.4, 0.5) is 4.79 Å². The Hall–Kier alpha value is -1.26. The van der Waals surface area contributed by atoms with Crippen LogP contribution in [0.3, 0.4) is 0 Å². The van der Waals surface area contributed by atoms with Gasteiger partial charge in [-0.2, -0.15) is 0 Å². The highest BCUT2D eigenvalue weighted by Crippen LogP contribution is 2.23. The minimum absolute atomic E-state index is 0.0124. The fraction of sp³-hybridized carbons (Fsp3) is 0.778. The zero-order valence-corrected chi connectivity index (χ0v) is 8.96. The third-order valence-corrected chi connectivity index (χ3v) is 1.70. The molecule has 0 spiro atoms. The van der Waals surface area contributed by atoms with E-state index in [-0.39, 0.29) is 13.2 Å². The van der Waals surface area contributed by atoms with Crippen LogP contribution in [0.25, 0.3) is 0 Å². The van der Waals surface area contributed by atoms with Crippen molar-refractivity contribution in [2.75, 3.05) is 20.3 Å². The molecule has 0 radical (unpaired) electrons. The van der Waals surface area contributed by atoms with E-state index in [4.69, 9.17) is 0 Å². The van der Waals surface area contributed by atoms with Crippen molar-refractivity contribution in [1.82, 2.24) is 0 Å². The highest BCUT2D eigenvalue weighted by atomic mass is 16.7. The van der Waals surface area contributed by atoms with Gasteiger partial charge in [0.25, 0.3) is 0 Å². The summed E-state index contributed by atoms with van der Waals surface area (Å²) in [7, 11) is 1.28. The summed E-state index contributed by atoms with van der Waals surface area (Å²) in [4.78, 5) is 21.6. The molecule has 0 N–H and O–H groups in total. The topological polar surface area (TPSA) is 61.8 Å². The Bertz CT molecular complexity index is 201. The second-order valence-corrected chi connectivity index (χ2v) is 2.88. The first-order chi connectivity index (χ1) is 6.58. The zero-order chi connectivity index (χ0) is 11.2. The van der Waals surface area contributed by atoms with Crippen LogP contribution in [0.5, 0.6) is 0 Å². The van der Waals surface area contributed by atoms with E-state index in [0.717, 1.165) is 0 Å². The number of esters is 1. The van der Waals surface area contributed by atoms with Gasteiger partial charge in [-0.05, 0) is 6.92 Å². The van der Waals surface area contributed by atoms with Gasteiger partial charge in [0.2, 0.25) is 0 Å². The fourth-order valence-electron chi connectivity index (χ4n) is 0.884. The van der Waals surface area contributed by atoms with Gasteiger partial charge >= 0.3 is 12.1 Å². The lowest BCUT2D eigenvalue weighted by atomic mass is 9.93. The third kappa shape index (κ3) is 2.90. The predicted molar refractivity (Wildman–Crippen MR) is 48.8 cm³/mol. The van der Waals surface area contributed by atoms with E-state index in [9.17, 15) is 9.59 Å². The Balaban J connectivity index is 0.000000791. The molecule has 82 valence electrons. The Morgan fingerprint density at radius 3 is 2.14 bits per heavy atom. The van der Waals surface area contributed by atoms with Gasteiger partial charge in [-0.15, -0.1) is 0 Å². The molecule has 0 atom stereocenters. The molecule has 1 aliphatic heterocycles. The number of carbonyl (C=O) groups excluding carboxylic acids is 2. The van der Waals surface area contributed by atoms with Gasteiger partial charge in [-0.25, -0.2) is 4.79 Å². The molecule has 1 rings (SSSR count). The molecule has 1 aliphatic rings. The van der Waals surface area contributed by atoms with Crippen molar-refractivity contribution in [2.45, 2.75) is 20.8 Å². The quantitative estimate of drug-likeness (QED) is 0.603.